The van der Waals surface area contributed by atoms with Crippen molar-refractivity contribution in [2.45, 2.75) is 52.6 Å². The van der Waals surface area contributed by atoms with Gasteiger partial charge >= 0.3 is 0 Å². The van der Waals surface area contributed by atoms with E-state index in [1.807, 2.05) is 0 Å². The molecule has 0 saturated carbocycles. The summed E-state index contributed by atoms with van der Waals surface area (Å²) in [7, 11) is 2.21. The summed E-state index contributed by atoms with van der Waals surface area (Å²) in [6.07, 6.45) is 2.42. The lowest BCUT2D eigenvalue weighted by Gasteiger charge is -2.35. The van der Waals surface area contributed by atoms with Gasteiger partial charge in [0.15, 0.2) is 5.96 Å². The fraction of sp³-hybridized carbons (Fsp3) is 0.950. The average Bonchev–Trinajstić information content (AvgIpc) is 2.62. The SMILES string of the molecule is CCNC(=NCC(C)CN1CCN(C)CC1)NC1CCN(C(C)C)CC1. The lowest BCUT2D eigenvalue weighted by molar-refractivity contribution is 0.140. The van der Waals surface area contributed by atoms with Crippen LogP contribution in [0.4, 0.5) is 0 Å². The molecule has 2 heterocycles. The van der Waals surface area contributed by atoms with Gasteiger partial charge in [-0.1, -0.05) is 6.92 Å². The molecule has 152 valence electrons. The summed E-state index contributed by atoms with van der Waals surface area (Å²) >= 11 is 0. The average molecular weight is 367 g/mol. The molecule has 1 atom stereocenters. The molecule has 2 saturated heterocycles. The molecule has 6 nitrogen and oxygen atoms in total. The van der Waals surface area contributed by atoms with Crippen LogP contribution in [0.1, 0.15) is 40.5 Å². The minimum absolute atomic E-state index is 0.552. The van der Waals surface area contributed by atoms with Gasteiger partial charge in [0, 0.05) is 71.0 Å². The van der Waals surface area contributed by atoms with Gasteiger partial charge in [-0.25, -0.2) is 0 Å². The third-order valence-corrected chi connectivity index (χ3v) is 5.67. The molecule has 0 spiro atoms. The normalized spacial score (nSPS) is 23.4. The Balaban J connectivity index is 1.75. The zero-order valence-electron chi connectivity index (χ0n) is 17.8. The van der Waals surface area contributed by atoms with E-state index in [0.717, 1.165) is 25.6 Å². The lowest BCUT2D eigenvalue weighted by Crippen LogP contribution is -2.50. The van der Waals surface area contributed by atoms with E-state index in [9.17, 15) is 0 Å². The fourth-order valence-electron chi connectivity index (χ4n) is 3.85. The number of nitrogens with zero attached hydrogens (tertiary/aromatic N) is 4. The Hall–Kier alpha value is -0.850. The molecule has 0 radical (unpaired) electrons. The number of likely N-dealkylation sites (N-methyl/N-ethyl adjacent to an activating group) is 1. The van der Waals surface area contributed by atoms with Crippen molar-refractivity contribution in [3.8, 4) is 0 Å². The standard InChI is InChI=1S/C20H42N6/c1-6-21-20(23-19-7-9-26(10-8-19)17(2)3)22-15-18(4)16-25-13-11-24(5)12-14-25/h17-19H,6-16H2,1-5H3,(H2,21,22,23). The number of hydrogen-bond donors (Lipinski definition) is 2. The van der Waals surface area contributed by atoms with Gasteiger partial charge in [0.2, 0.25) is 0 Å². The molecule has 2 aliphatic rings. The zero-order chi connectivity index (χ0) is 18.9. The van der Waals surface area contributed by atoms with Crippen molar-refractivity contribution in [2.75, 3.05) is 66.0 Å². The Labute approximate surface area is 161 Å². The third-order valence-electron chi connectivity index (χ3n) is 5.67. The lowest BCUT2D eigenvalue weighted by atomic mass is 10.0. The highest BCUT2D eigenvalue weighted by Crippen LogP contribution is 2.13. The van der Waals surface area contributed by atoms with E-state index in [1.54, 1.807) is 0 Å². The number of piperazine rings is 1. The van der Waals surface area contributed by atoms with E-state index >= 15 is 0 Å². The summed E-state index contributed by atoms with van der Waals surface area (Å²) in [4.78, 5) is 12.5. The second-order valence-corrected chi connectivity index (χ2v) is 8.48. The van der Waals surface area contributed by atoms with Crippen LogP contribution in [-0.2, 0) is 0 Å². The summed E-state index contributed by atoms with van der Waals surface area (Å²) in [6.45, 7) is 19.2. The van der Waals surface area contributed by atoms with Crippen LogP contribution in [0.15, 0.2) is 4.99 Å². The first-order chi connectivity index (χ1) is 12.5. The van der Waals surface area contributed by atoms with Crippen molar-refractivity contribution in [3.63, 3.8) is 0 Å². The molecule has 0 bridgehead atoms. The molecule has 0 aliphatic carbocycles. The second-order valence-electron chi connectivity index (χ2n) is 8.48. The highest BCUT2D eigenvalue weighted by Gasteiger charge is 2.21. The Morgan fingerprint density at radius 2 is 1.69 bits per heavy atom. The summed E-state index contributed by atoms with van der Waals surface area (Å²) in [6, 6.07) is 1.21. The van der Waals surface area contributed by atoms with E-state index in [-0.39, 0.29) is 0 Å². The van der Waals surface area contributed by atoms with Gasteiger partial charge in [-0.2, -0.15) is 0 Å². The van der Waals surface area contributed by atoms with Gasteiger partial charge in [-0.3, -0.25) is 4.99 Å². The maximum absolute atomic E-state index is 4.89. The summed E-state index contributed by atoms with van der Waals surface area (Å²) in [5.74, 6) is 1.59. The van der Waals surface area contributed by atoms with Crippen molar-refractivity contribution < 1.29 is 0 Å². The van der Waals surface area contributed by atoms with Gasteiger partial charge < -0.3 is 25.3 Å². The Bertz CT molecular complexity index is 409. The highest BCUT2D eigenvalue weighted by molar-refractivity contribution is 5.80. The van der Waals surface area contributed by atoms with Gasteiger partial charge in [0.05, 0.1) is 0 Å². The zero-order valence-corrected chi connectivity index (χ0v) is 17.8. The molecule has 2 rings (SSSR count). The van der Waals surface area contributed by atoms with E-state index < -0.39 is 0 Å². The van der Waals surface area contributed by atoms with Crippen LogP contribution in [-0.4, -0.2) is 98.7 Å². The summed E-state index contributed by atoms with van der Waals surface area (Å²) in [5.41, 5.74) is 0. The first kappa shape index (κ1) is 21.5. The molecule has 2 fully saturated rings. The summed E-state index contributed by atoms with van der Waals surface area (Å²) in [5, 5.41) is 7.11. The third kappa shape index (κ3) is 7.41. The van der Waals surface area contributed by atoms with Gasteiger partial charge in [0.1, 0.15) is 0 Å². The van der Waals surface area contributed by atoms with Crippen LogP contribution >= 0.6 is 0 Å². The van der Waals surface area contributed by atoms with E-state index in [2.05, 4.69) is 60.1 Å². The largest absolute Gasteiger partial charge is 0.357 e. The van der Waals surface area contributed by atoms with E-state index in [4.69, 9.17) is 4.99 Å². The summed E-state index contributed by atoms with van der Waals surface area (Å²) < 4.78 is 0. The number of hydrogen-bond acceptors (Lipinski definition) is 4. The molecule has 2 aliphatic heterocycles. The Morgan fingerprint density at radius 3 is 2.27 bits per heavy atom. The Morgan fingerprint density at radius 1 is 1.04 bits per heavy atom. The van der Waals surface area contributed by atoms with Crippen LogP contribution in [0, 0.1) is 5.92 Å². The van der Waals surface area contributed by atoms with Crippen molar-refractivity contribution in [2.24, 2.45) is 10.9 Å². The van der Waals surface area contributed by atoms with Crippen LogP contribution in [0.5, 0.6) is 0 Å². The van der Waals surface area contributed by atoms with E-state index in [1.165, 1.54) is 52.1 Å². The molecule has 2 N–H and O–H groups in total. The number of rotatable bonds is 7. The molecule has 6 heteroatoms. The highest BCUT2D eigenvalue weighted by atomic mass is 15.2. The first-order valence-electron chi connectivity index (χ1n) is 10.7. The van der Waals surface area contributed by atoms with Crippen LogP contribution in [0.2, 0.25) is 0 Å². The van der Waals surface area contributed by atoms with Crippen molar-refractivity contribution in [3.05, 3.63) is 0 Å². The van der Waals surface area contributed by atoms with Crippen molar-refractivity contribution in [1.29, 1.82) is 0 Å². The maximum atomic E-state index is 4.89. The minimum atomic E-state index is 0.552. The van der Waals surface area contributed by atoms with Crippen LogP contribution in [0.25, 0.3) is 0 Å². The van der Waals surface area contributed by atoms with Gasteiger partial charge in [-0.05, 0) is 46.6 Å². The second kappa shape index (κ2) is 11.1. The molecular formula is C20H42N6. The Kier molecular flexibility index (Phi) is 9.16. The number of piperidine rings is 1. The molecule has 0 aromatic rings. The predicted octanol–water partition coefficient (Wildman–Crippen LogP) is 1.30. The number of aliphatic imine (C=N–C) groups is 1. The molecule has 0 aromatic carbocycles. The maximum Gasteiger partial charge on any atom is 0.191 e. The fourth-order valence-corrected chi connectivity index (χ4v) is 3.85. The van der Waals surface area contributed by atoms with Crippen molar-refractivity contribution in [1.82, 2.24) is 25.3 Å². The first-order valence-corrected chi connectivity index (χ1v) is 10.7. The molecule has 1 unspecified atom stereocenters. The molecule has 26 heavy (non-hydrogen) atoms. The topological polar surface area (TPSA) is 46.1 Å². The molecular weight excluding hydrogens is 324 g/mol. The number of likely N-dealkylation sites (tertiary alicyclic amines) is 1. The monoisotopic (exact) mass is 366 g/mol. The predicted molar refractivity (Wildman–Crippen MR) is 112 cm³/mol. The smallest absolute Gasteiger partial charge is 0.191 e. The minimum Gasteiger partial charge on any atom is -0.357 e. The number of guanidine groups is 1. The van der Waals surface area contributed by atoms with Crippen LogP contribution in [0.3, 0.4) is 0 Å². The number of nitrogens with one attached hydrogen (secondary N) is 2. The van der Waals surface area contributed by atoms with Crippen LogP contribution < -0.4 is 10.6 Å². The molecule has 0 aromatic heterocycles. The molecule has 0 amide bonds. The van der Waals surface area contributed by atoms with Gasteiger partial charge in [-0.15, -0.1) is 0 Å². The van der Waals surface area contributed by atoms with Gasteiger partial charge in [0.25, 0.3) is 0 Å². The van der Waals surface area contributed by atoms with Crippen molar-refractivity contribution >= 4 is 5.96 Å². The quantitative estimate of drug-likeness (QED) is 0.525. The van der Waals surface area contributed by atoms with E-state index in [0.29, 0.717) is 18.0 Å².